The molecule has 0 saturated heterocycles. The Morgan fingerprint density at radius 2 is 1.95 bits per heavy atom. The van der Waals surface area contributed by atoms with Crippen molar-refractivity contribution in [3.05, 3.63) is 56.7 Å². The van der Waals surface area contributed by atoms with Gasteiger partial charge in [0.05, 0.1) is 8.66 Å². The van der Waals surface area contributed by atoms with Gasteiger partial charge >= 0.3 is 0 Å². The highest BCUT2D eigenvalue weighted by Gasteiger charge is 2.10. The fourth-order valence-corrected chi connectivity index (χ4v) is 3.21. The number of halogens is 1. The van der Waals surface area contributed by atoms with Gasteiger partial charge in [0.25, 0.3) is 0 Å². The monoisotopic (exact) mass is 337 g/mol. The zero-order valence-electron chi connectivity index (χ0n) is 10.8. The van der Waals surface area contributed by atoms with E-state index in [1.165, 1.54) is 16.9 Å². The summed E-state index contributed by atoms with van der Waals surface area (Å²) in [6.07, 6.45) is 0.566. The number of ketones is 1. The lowest BCUT2D eigenvalue weighted by Gasteiger charge is -2.15. The van der Waals surface area contributed by atoms with Crippen LogP contribution in [-0.4, -0.2) is 24.3 Å². The first-order valence-electron chi connectivity index (χ1n) is 6.16. The van der Waals surface area contributed by atoms with E-state index >= 15 is 0 Å². The lowest BCUT2D eigenvalue weighted by atomic mass is 10.2. The van der Waals surface area contributed by atoms with Gasteiger partial charge in [0.1, 0.15) is 0 Å². The van der Waals surface area contributed by atoms with E-state index in [1.54, 1.807) is 0 Å². The van der Waals surface area contributed by atoms with Crippen molar-refractivity contribution in [1.82, 2.24) is 4.90 Å². The van der Waals surface area contributed by atoms with E-state index in [0.29, 0.717) is 6.42 Å². The van der Waals surface area contributed by atoms with E-state index in [9.17, 15) is 4.79 Å². The van der Waals surface area contributed by atoms with Crippen LogP contribution >= 0.6 is 27.3 Å². The number of thiophene rings is 1. The fraction of sp³-hybridized carbons (Fsp3) is 0.267. The molecular formula is C15H16BrNOS. The van der Waals surface area contributed by atoms with Gasteiger partial charge in [0.2, 0.25) is 0 Å². The minimum Gasteiger partial charge on any atom is -0.302 e. The van der Waals surface area contributed by atoms with E-state index in [4.69, 9.17) is 0 Å². The molecule has 2 nitrogen and oxygen atoms in total. The zero-order chi connectivity index (χ0) is 13.7. The van der Waals surface area contributed by atoms with Crippen molar-refractivity contribution in [2.75, 3.05) is 13.6 Å². The van der Waals surface area contributed by atoms with Crippen molar-refractivity contribution in [2.45, 2.75) is 13.0 Å². The van der Waals surface area contributed by atoms with Gasteiger partial charge in [0, 0.05) is 19.5 Å². The number of carbonyl (C=O) groups excluding carboxylic acids is 1. The molecule has 0 unspecified atom stereocenters. The normalized spacial score (nSPS) is 10.9. The van der Waals surface area contributed by atoms with Gasteiger partial charge in [-0.25, -0.2) is 0 Å². The number of hydrogen-bond donors (Lipinski definition) is 0. The first-order valence-corrected chi connectivity index (χ1v) is 7.77. The third-order valence-electron chi connectivity index (χ3n) is 2.86. The first kappa shape index (κ1) is 14.4. The Balaban J connectivity index is 1.80. The van der Waals surface area contributed by atoms with Crippen molar-refractivity contribution in [3.63, 3.8) is 0 Å². The summed E-state index contributed by atoms with van der Waals surface area (Å²) in [5.74, 6) is 0.218. The van der Waals surface area contributed by atoms with Gasteiger partial charge in [-0.2, -0.15) is 0 Å². The summed E-state index contributed by atoms with van der Waals surface area (Å²) < 4.78 is 1.01. The lowest BCUT2D eigenvalue weighted by molar-refractivity contribution is 0.0972. The molecule has 0 aliphatic heterocycles. The van der Waals surface area contributed by atoms with E-state index in [-0.39, 0.29) is 5.78 Å². The molecule has 0 amide bonds. The van der Waals surface area contributed by atoms with Crippen molar-refractivity contribution >= 4 is 33.0 Å². The van der Waals surface area contributed by atoms with Gasteiger partial charge in [-0.1, -0.05) is 30.3 Å². The van der Waals surface area contributed by atoms with Crippen LogP contribution in [0.15, 0.2) is 46.3 Å². The Hall–Kier alpha value is -0.970. The molecule has 0 spiro atoms. The molecule has 0 bridgehead atoms. The molecule has 1 heterocycles. The van der Waals surface area contributed by atoms with Crippen LogP contribution in [0.3, 0.4) is 0 Å². The van der Waals surface area contributed by atoms with Gasteiger partial charge in [-0.05, 0) is 40.7 Å². The van der Waals surface area contributed by atoms with Crippen LogP contribution in [0.4, 0.5) is 0 Å². The number of carbonyl (C=O) groups is 1. The second-order valence-electron chi connectivity index (χ2n) is 4.50. The zero-order valence-corrected chi connectivity index (χ0v) is 13.2. The molecule has 2 rings (SSSR count). The Morgan fingerprint density at radius 3 is 2.58 bits per heavy atom. The van der Waals surface area contributed by atoms with Crippen molar-refractivity contribution in [2.24, 2.45) is 0 Å². The average Bonchev–Trinajstić information content (AvgIpc) is 2.84. The van der Waals surface area contributed by atoms with E-state index in [1.807, 2.05) is 37.4 Å². The summed E-state index contributed by atoms with van der Waals surface area (Å²) in [6.45, 7) is 1.66. The van der Waals surface area contributed by atoms with Crippen LogP contribution in [-0.2, 0) is 6.54 Å². The molecule has 0 saturated carbocycles. The van der Waals surface area contributed by atoms with Gasteiger partial charge in [-0.15, -0.1) is 11.3 Å². The predicted molar refractivity (Wildman–Crippen MR) is 83.7 cm³/mol. The largest absolute Gasteiger partial charge is 0.302 e. The minimum absolute atomic E-state index is 0.218. The van der Waals surface area contributed by atoms with E-state index in [0.717, 1.165) is 21.8 Å². The van der Waals surface area contributed by atoms with Crippen LogP contribution in [0.1, 0.15) is 21.7 Å². The predicted octanol–water partition coefficient (Wildman–Crippen LogP) is 4.22. The van der Waals surface area contributed by atoms with Crippen LogP contribution in [0.25, 0.3) is 0 Å². The first-order chi connectivity index (χ1) is 9.15. The van der Waals surface area contributed by atoms with Crippen molar-refractivity contribution in [3.8, 4) is 0 Å². The Kier molecular flexibility index (Phi) is 5.31. The van der Waals surface area contributed by atoms with E-state index < -0.39 is 0 Å². The fourth-order valence-electron chi connectivity index (χ4n) is 1.85. The standard InChI is InChI=1S/C15H16BrNOS/c1-17(11-12-5-3-2-4-6-12)10-9-13(18)14-7-8-15(16)19-14/h2-8H,9-11H2,1H3. The van der Waals surface area contributed by atoms with Crippen LogP contribution in [0, 0.1) is 0 Å². The minimum atomic E-state index is 0.218. The maximum absolute atomic E-state index is 12.0. The lowest BCUT2D eigenvalue weighted by Crippen LogP contribution is -2.21. The molecule has 0 aliphatic rings. The van der Waals surface area contributed by atoms with Gasteiger partial charge in [-0.3, -0.25) is 4.79 Å². The van der Waals surface area contributed by atoms with Crippen LogP contribution in [0.5, 0.6) is 0 Å². The highest BCUT2D eigenvalue weighted by molar-refractivity contribution is 9.11. The van der Waals surface area contributed by atoms with Crippen molar-refractivity contribution in [1.29, 1.82) is 0 Å². The van der Waals surface area contributed by atoms with E-state index in [2.05, 4.69) is 33.0 Å². The Bertz CT molecular complexity index is 538. The summed E-state index contributed by atoms with van der Waals surface area (Å²) in [6, 6.07) is 14.1. The molecule has 100 valence electrons. The topological polar surface area (TPSA) is 20.3 Å². The molecule has 4 heteroatoms. The summed E-state index contributed by atoms with van der Waals surface area (Å²) in [5, 5.41) is 0. The molecule has 2 aromatic rings. The highest BCUT2D eigenvalue weighted by atomic mass is 79.9. The second-order valence-corrected chi connectivity index (χ2v) is 6.96. The molecule has 0 fully saturated rings. The molecule has 0 N–H and O–H groups in total. The number of Topliss-reactive ketones (excluding diaryl/α,β-unsaturated/α-hetero) is 1. The van der Waals surface area contributed by atoms with Gasteiger partial charge in [0.15, 0.2) is 5.78 Å². The molecule has 0 atom stereocenters. The highest BCUT2D eigenvalue weighted by Crippen LogP contribution is 2.23. The number of nitrogens with zero attached hydrogens (tertiary/aromatic N) is 1. The molecule has 1 aromatic carbocycles. The SMILES string of the molecule is CN(CCC(=O)c1ccc(Br)s1)Cc1ccccc1. The molecule has 1 aromatic heterocycles. The third kappa shape index (κ3) is 4.56. The molecule has 0 aliphatic carbocycles. The van der Waals surface area contributed by atoms with Crippen LogP contribution in [0.2, 0.25) is 0 Å². The summed E-state index contributed by atoms with van der Waals surface area (Å²) >= 11 is 4.88. The average molecular weight is 338 g/mol. The quantitative estimate of drug-likeness (QED) is 0.735. The smallest absolute Gasteiger partial charge is 0.174 e. The number of benzene rings is 1. The number of hydrogen-bond acceptors (Lipinski definition) is 3. The Labute approximate surface area is 126 Å². The third-order valence-corrected chi connectivity index (χ3v) is 4.53. The molecule has 0 radical (unpaired) electrons. The summed E-state index contributed by atoms with van der Waals surface area (Å²) in [4.78, 5) is 15.0. The summed E-state index contributed by atoms with van der Waals surface area (Å²) in [5.41, 5.74) is 1.27. The second kappa shape index (κ2) is 6.98. The molecular weight excluding hydrogens is 322 g/mol. The Morgan fingerprint density at radius 1 is 1.21 bits per heavy atom. The maximum Gasteiger partial charge on any atom is 0.174 e. The van der Waals surface area contributed by atoms with Gasteiger partial charge < -0.3 is 4.90 Å². The molecule has 19 heavy (non-hydrogen) atoms. The maximum atomic E-state index is 12.0. The van der Waals surface area contributed by atoms with Crippen LogP contribution < -0.4 is 0 Å². The number of rotatable bonds is 6. The summed E-state index contributed by atoms with van der Waals surface area (Å²) in [7, 11) is 2.05. The van der Waals surface area contributed by atoms with Crippen molar-refractivity contribution < 1.29 is 4.79 Å².